The Morgan fingerprint density at radius 2 is 2.04 bits per heavy atom. The maximum atomic E-state index is 12.7. The van der Waals surface area contributed by atoms with Gasteiger partial charge in [-0.15, -0.1) is 0 Å². The number of rotatable bonds is 3. The third kappa shape index (κ3) is 4.27. The molecule has 0 fully saturated rings. The van der Waals surface area contributed by atoms with Crippen molar-refractivity contribution < 1.29 is 19.1 Å². The molecule has 1 aliphatic rings. The van der Waals surface area contributed by atoms with Crippen molar-refractivity contribution in [3.05, 3.63) is 41.1 Å². The van der Waals surface area contributed by atoms with Gasteiger partial charge in [-0.05, 0) is 44.9 Å². The van der Waals surface area contributed by atoms with Gasteiger partial charge in [0.15, 0.2) is 0 Å². The van der Waals surface area contributed by atoms with Crippen molar-refractivity contribution in [1.82, 2.24) is 14.7 Å². The van der Waals surface area contributed by atoms with Crippen LogP contribution in [0.25, 0.3) is 0 Å². The van der Waals surface area contributed by atoms with E-state index in [1.165, 1.54) is 4.68 Å². The van der Waals surface area contributed by atoms with E-state index in [1.807, 2.05) is 45.0 Å². The Labute approximate surface area is 164 Å². The maximum Gasteiger partial charge on any atom is 0.410 e. The number of aromatic nitrogens is 2. The second-order valence-corrected chi connectivity index (χ2v) is 7.80. The maximum absolute atomic E-state index is 12.7. The van der Waals surface area contributed by atoms with Crippen molar-refractivity contribution in [1.29, 1.82) is 0 Å². The number of hydrogen-bond acceptors (Lipinski definition) is 6. The fourth-order valence-corrected chi connectivity index (χ4v) is 3.12. The average Bonchev–Trinajstić information content (AvgIpc) is 2.97. The van der Waals surface area contributed by atoms with Gasteiger partial charge < -0.3 is 20.1 Å². The van der Waals surface area contributed by atoms with Crippen LogP contribution < -0.4 is 10.5 Å². The number of carbonyl (C=O) groups is 2. The number of anilines is 1. The second kappa shape index (κ2) is 7.53. The van der Waals surface area contributed by atoms with Crippen LogP contribution in [0.2, 0.25) is 0 Å². The molecule has 1 aromatic carbocycles. The van der Waals surface area contributed by atoms with Crippen LogP contribution in [-0.4, -0.2) is 45.9 Å². The molecule has 28 heavy (non-hydrogen) atoms. The van der Waals surface area contributed by atoms with Gasteiger partial charge in [0.1, 0.15) is 17.2 Å². The molecule has 1 amide bonds. The molecule has 8 nitrogen and oxygen atoms in total. The highest BCUT2D eigenvalue weighted by Gasteiger charge is 2.30. The van der Waals surface area contributed by atoms with Gasteiger partial charge in [-0.2, -0.15) is 9.78 Å². The Morgan fingerprint density at radius 3 is 2.71 bits per heavy atom. The number of nitrogens with zero attached hydrogens (tertiary/aromatic N) is 3. The number of methoxy groups -OCH3 is 1. The SMILES string of the molecule is COc1cccc(CC(=O)n2nc3c(c2N)CCN(C(=O)OC(C)(C)C)C3)c1. The van der Waals surface area contributed by atoms with Crippen molar-refractivity contribution >= 4 is 17.8 Å². The van der Waals surface area contributed by atoms with Gasteiger partial charge in [-0.3, -0.25) is 4.79 Å². The summed E-state index contributed by atoms with van der Waals surface area (Å²) >= 11 is 0. The molecular formula is C20H26N4O4. The zero-order chi connectivity index (χ0) is 20.5. The van der Waals surface area contributed by atoms with E-state index in [2.05, 4.69) is 5.10 Å². The van der Waals surface area contributed by atoms with Gasteiger partial charge in [-0.1, -0.05) is 12.1 Å². The molecule has 3 rings (SSSR count). The van der Waals surface area contributed by atoms with E-state index in [9.17, 15) is 9.59 Å². The minimum atomic E-state index is -0.567. The van der Waals surface area contributed by atoms with E-state index in [0.717, 1.165) is 11.1 Å². The Bertz CT molecular complexity index is 898. The highest BCUT2D eigenvalue weighted by Crippen LogP contribution is 2.25. The minimum absolute atomic E-state index is 0.151. The van der Waals surface area contributed by atoms with Gasteiger partial charge in [0.25, 0.3) is 5.91 Å². The van der Waals surface area contributed by atoms with Crippen molar-refractivity contribution in [3.63, 3.8) is 0 Å². The molecule has 2 aromatic rings. The smallest absolute Gasteiger partial charge is 0.410 e. The predicted octanol–water partition coefficient (Wildman–Crippen LogP) is 2.65. The van der Waals surface area contributed by atoms with Crippen LogP contribution in [0.5, 0.6) is 5.75 Å². The lowest BCUT2D eigenvalue weighted by molar-refractivity contribution is 0.0221. The monoisotopic (exact) mass is 386 g/mol. The lowest BCUT2D eigenvalue weighted by Crippen LogP contribution is -2.39. The number of nitrogen functional groups attached to an aromatic ring is 1. The van der Waals surface area contributed by atoms with E-state index >= 15 is 0 Å². The first kappa shape index (κ1) is 19.7. The summed E-state index contributed by atoms with van der Waals surface area (Å²) in [6.07, 6.45) is 0.291. The molecule has 2 N–H and O–H groups in total. The summed E-state index contributed by atoms with van der Waals surface area (Å²) in [6, 6.07) is 7.31. The topological polar surface area (TPSA) is 99.7 Å². The lowest BCUT2D eigenvalue weighted by Gasteiger charge is -2.29. The van der Waals surface area contributed by atoms with Crippen LogP contribution in [0, 0.1) is 0 Å². The summed E-state index contributed by atoms with van der Waals surface area (Å²) < 4.78 is 11.9. The highest BCUT2D eigenvalue weighted by molar-refractivity contribution is 5.84. The van der Waals surface area contributed by atoms with Crippen LogP contribution in [0.1, 0.15) is 42.4 Å². The molecule has 0 saturated heterocycles. The Kier molecular flexibility index (Phi) is 5.31. The van der Waals surface area contributed by atoms with Gasteiger partial charge in [0.2, 0.25) is 0 Å². The van der Waals surface area contributed by atoms with Crippen molar-refractivity contribution in [3.8, 4) is 5.75 Å². The summed E-state index contributed by atoms with van der Waals surface area (Å²) in [5, 5.41) is 4.38. The molecule has 0 unspecified atom stereocenters. The molecule has 8 heteroatoms. The number of fused-ring (bicyclic) bond motifs is 1. The first-order valence-electron chi connectivity index (χ1n) is 9.18. The number of amides is 1. The van der Waals surface area contributed by atoms with Gasteiger partial charge in [0.05, 0.1) is 25.8 Å². The fraction of sp³-hybridized carbons (Fsp3) is 0.450. The van der Waals surface area contributed by atoms with Gasteiger partial charge in [-0.25, -0.2) is 4.79 Å². The minimum Gasteiger partial charge on any atom is -0.497 e. The van der Waals surface area contributed by atoms with Crippen molar-refractivity contribution in [2.75, 3.05) is 19.4 Å². The summed E-state index contributed by atoms with van der Waals surface area (Å²) in [7, 11) is 1.58. The molecular weight excluding hydrogens is 360 g/mol. The Balaban J connectivity index is 1.75. The largest absolute Gasteiger partial charge is 0.497 e. The second-order valence-electron chi connectivity index (χ2n) is 7.80. The van der Waals surface area contributed by atoms with E-state index < -0.39 is 11.7 Å². The summed E-state index contributed by atoms with van der Waals surface area (Å²) in [6.45, 7) is 6.22. The third-order valence-corrected chi connectivity index (χ3v) is 4.46. The molecule has 1 aliphatic heterocycles. The van der Waals surface area contributed by atoms with Gasteiger partial charge >= 0.3 is 6.09 Å². The summed E-state index contributed by atoms with van der Waals surface area (Å²) in [5.41, 5.74) is 7.88. The molecule has 2 heterocycles. The number of benzene rings is 1. The van der Waals surface area contributed by atoms with Crippen LogP contribution in [-0.2, 0) is 24.1 Å². The normalized spacial score (nSPS) is 13.8. The van der Waals surface area contributed by atoms with Crippen LogP contribution in [0.15, 0.2) is 24.3 Å². The first-order chi connectivity index (χ1) is 13.2. The van der Waals surface area contributed by atoms with Crippen LogP contribution in [0.3, 0.4) is 0 Å². The molecule has 0 atom stereocenters. The standard InChI is InChI=1S/C20H26N4O4/c1-20(2,3)28-19(26)23-9-8-15-16(12-23)22-24(18(15)21)17(25)11-13-6-5-7-14(10-13)27-4/h5-7,10H,8-9,11-12,21H2,1-4H3. The lowest BCUT2D eigenvalue weighted by atomic mass is 10.1. The molecule has 0 aliphatic carbocycles. The van der Waals surface area contributed by atoms with E-state index in [1.54, 1.807) is 12.0 Å². The number of nitrogens with two attached hydrogens (primary N) is 1. The Hall–Kier alpha value is -3.03. The fourth-order valence-electron chi connectivity index (χ4n) is 3.12. The molecule has 0 bridgehead atoms. The number of ether oxygens (including phenoxy) is 2. The summed E-state index contributed by atoms with van der Waals surface area (Å²) in [5.74, 6) is 0.793. The predicted molar refractivity (Wildman–Crippen MR) is 104 cm³/mol. The first-order valence-corrected chi connectivity index (χ1v) is 9.18. The molecule has 0 spiro atoms. The average molecular weight is 386 g/mol. The molecule has 1 aromatic heterocycles. The highest BCUT2D eigenvalue weighted by atomic mass is 16.6. The zero-order valence-electron chi connectivity index (χ0n) is 16.7. The Morgan fingerprint density at radius 1 is 1.29 bits per heavy atom. The third-order valence-electron chi connectivity index (χ3n) is 4.46. The number of hydrogen-bond donors (Lipinski definition) is 1. The van der Waals surface area contributed by atoms with Gasteiger partial charge in [0, 0.05) is 12.1 Å². The molecule has 150 valence electrons. The zero-order valence-corrected chi connectivity index (χ0v) is 16.7. The summed E-state index contributed by atoms with van der Waals surface area (Å²) in [4.78, 5) is 26.6. The van der Waals surface area contributed by atoms with E-state index in [0.29, 0.717) is 30.2 Å². The van der Waals surface area contributed by atoms with E-state index in [4.69, 9.17) is 15.2 Å². The van der Waals surface area contributed by atoms with Crippen molar-refractivity contribution in [2.24, 2.45) is 0 Å². The van der Waals surface area contributed by atoms with Crippen LogP contribution >= 0.6 is 0 Å². The van der Waals surface area contributed by atoms with Crippen LogP contribution in [0.4, 0.5) is 10.6 Å². The molecule has 0 radical (unpaired) electrons. The number of carbonyl (C=O) groups excluding carboxylic acids is 2. The quantitative estimate of drug-likeness (QED) is 0.870. The van der Waals surface area contributed by atoms with E-state index in [-0.39, 0.29) is 18.9 Å². The van der Waals surface area contributed by atoms with Crippen molar-refractivity contribution in [2.45, 2.75) is 45.8 Å². The molecule has 0 saturated carbocycles.